The number of carbonyl (C=O) groups excluding carboxylic acids is 1. The average Bonchev–Trinajstić information content (AvgIpc) is 3.37. The molecular weight excluding hydrogens is 422 g/mol. The number of primary sulfonamides is 1. The molecule has 4 aromatic rings. The maximum absolute atomic E-state index is 11.8. The predicted molar refractivity (Wildman–Crippen MR) is 113 cm³/mol. The number of fused-ring (bicyclic) bond motifs is 1. The fourth-order valence-corrected chi connectivity index (χ4v) is 3.40. The lowest BCUT2D eigenvalue weighted by Crippen LogP contribution is -2.41. The highest BCUT2D eigenvalue weighted by atomic mass is 32.2. The smallest absolute Gasteiger partial charge is 0.244 e. The van der Waals surface area contributed by atoms with Crippen molar-refractivity contribution in [1.82, 2.24) is 29.7 Å². The van der Waals surface area contributed by atoms with Gasteiger partial charge < -0.3 is 16.0 Å². The van der Waals surface area contributed by atoms with Crippen LogP contribution in [0.3, 0.4) is 0 Å². The van der Waals surface area contributed by atoms with Gasteiger partial charge in [0.25, 0.3) is 0 Å². The predicted octanol–water partition coefficient (Wildman–Crippen LogP) is 0.828. The Labute approximate surface area is 176 Å². The second-order valence-electron chi connectivity index (χ2n) is 7.29. The van der Waals surface area contributed by atoms with Crippen molar-refractivity contribution in [3.05, 3.63) is 43.0 Å². The summed E-state index contributed by atoms with van der Waals surface area (Å²) in [4.78, 5) is 27.8. The van der Waals surface area contributed by atoms with E-state index in [9.17, 15) is 13.2 Å². The third-order valence-corrected chi connectivity index (χ3v) is 5.64. The molecule has 6 N–H and O–H groups in total. The molecule has 31 heavy (non-hydrogen) atoms. The van der Waals surface area contributed by atoms with E-state index in [1.165, 1.54) is 23.1 Å². The molecular formula is C18H19N9O3S. The van der Waals surface area contributed by atoms with Gasteiger partial charge in [-0.2, -0.15) is 10.1 Å². The molecule has 1 amide bonds. The molecule has 0 aliphatic rings. The van der Waals surface area contributed by atoms with E-state index in [1.54, 1.807) is 38.4 Å². The summed E-state index contributed by atoms with van der Waals surface area (Å²) in [5.41, 5.74) is 6.88. The van der Waals surface area contributed by atoms with Crippen LogP contribution < -0.4 is 16.2 Å². The Kier molecular flexibility index (Phi) is 4.71. The molecule has 0 saturated heterocycles. The average molecular weight is 441 g/mol. The maximum Gasteiger partial charge on any atom is 0.244 e. The summed E-state index contributed by atoms with van der Waals surface area (Å²) in [5.74, 6) is -0.341. The van der Waals surface area contributed by atoms with E-state index in [0.29, 0.717) is 28.1 Å². The molecule has 3 heterocycles. The van der Waals surface area contributed by atoms with Crippen molar-refractivity contribution in [3.8, 4) is 11.3 Å². The second kappa shape index (κ2) is 7.14. The molecule has 0 aliphatic heterocycles. The first-order chi connectivity index (χ1) is 14.6. The second-order valence-corrected chi connectivity index (χ2v) is 8.85. The van der Waals surface area contributed by atoms with E-state index in [-0.39, 0.29) is 10.8 Å². The lowest BCUT2D eigenvalue weighted by atomic mass is 10.1. The number of H-pyrrole nitrogens is 1. The number of nitrogens with zero attached hydrogens (tertiary/aromatic N) is 5. The van der Waals surface area contributed by atoms with E-state index >= 15 is 0 Å². The molecule has 4 rings (SSSR count). The molecule has 0 radical (unpaired) electrons. The van der Waals surface area contributed by atoms with Gasteiger partial charge in [-0.15, -0.1) is 0 Å². The van der Waals surface area contributed by atoms with Gasteiger partial charge in [0.1, 0.15) is 16.7 Å². The molecule has 0 aliphatic carbocycles. The lowest BCUT2D eigenvalue weighted by Gasteiger charge is -2.20. The molecule has 3 aromatic heterocycles. The van der Waals surface area contributed by atoms with Crippen LogP contribution in [0.5, 0.6) is 0 Å². The van der Waals surface area contributed by atoms with Crippen molar-refractivity contribution in [3.63, 3.8) is 0 Å². The van der Waals surface area contributed by atoms with Crippen LogP contribution in [-0.2, 0) is 20.4 Å². The first kappa shape index (κ1) is 20.4. The number of imidazole rings is 1. The summed E-state index contributed by atoms with van der Waals surface area (Å²) in [7, 11) is -3.86. The van der Waals surface area contributed by atoms with Crippen LogP contribution in [0.25, 0.3) is 22.4 Å². The van der Waals surface area contributed by atoms with Crippen molar-refractivity contribution in [2.45, 2.75) is 24.3 Å². The van der Waals surface area contributed by atoms with Crippen LogP contribution in [-0.4, -0.2) is 44.0 Å². The number of hydrogen-bond donors (Lipinski definition) is 4. The van der Waals surface area contributed by atoms with E-state index < -0.39 is 21.5 Å². The summed E-state index contributed by atoms with van der Waals surface area (Å²) in [5, 5.41) is 12.4. The minimum absolute atomic E-state index is 0.0460. The number of hydrogen-bond acceptors (Lipinski definition) is 8. The summed E-state index contributed by atoms with van der Waals surface area (Å²) in [6, 6.07) is 5.97. The molecule has 0 atom stereocenters. The van der Waals surface area contributed by atoms with Crippen LogP contribution in [0.2, 0.25) is 0 Å². The van der Waals surface area contributed by atoms with Crippen LogP contribution >= 0.6 is 0 Å². The first-order valence-electron chi connectivity index (χ1n) is 9.02. The highest BCUT2D eigenvalue weighted by Crippen LogP contribution is 2.28. The molecule has 160 valence electrons. The van der Waals surface area contributed by atoms with Gasteiger partial charge in [-0.3, -0.25) is 9.48 Å². The van der Waals surface area contributed by atoms with Gasteiger partial charge in [0.05, 0.1) is 17.4 Å². The number of rotatable bonds is 6. The van der Waals surface area contributed by atoms with Gasteiger partial charge in [-0.1, -0.05) is 6.07 Å². The van der Waals surface area contributed by atoms with E-state index in [1.807, 2.05) is 0 Å². The zero-order valence-corrected chi connectivity index (χ0v) is 17.4. The van der Waals surface area contributed by atoms with Gasteiger partial charge >= 0.3 is 0 Å². The van der Waals surface area contributed by atoms with E-state index in [2.05, 4.69) is 30.4 Å². The number of anilines is 2. The molecule has 1 aromatic carbocycles. The summed E-state index contributed by atoms with van der Waals surface area (Å²) in [6.45, 7) is 3.31. The Bertz CT molecular complexity index is 1410. The van der Waals surface area contributed by atoms with Gasteiger partial charge in [-0.25, -0.2) is 23.5 Å². The quantitative estimate of drug-likeness (QED) is 0.338. The van der Waals surface area contributed by atoms with Gasteiger partial charge in [0.2, 0.25) is 21.9 Å². The fraction of sp³-hybridized carbons (Fsp3) is 0.167. The van der Waals surface area contributed by atoms with Crippen LogP contribution in [0, 0.1) is 0 Å². The SMILES string of the molecule is CC(C)(C(N)=O)n1cc(-c2nc(Nc3cccc(S(N)(=O)=O)c3)nc3[nH]cnc23)cn1. The first-order valence-corrected chi connectivity index (χ1v) is 10.6. The van der Waals surface area contributed by atoms with Crippen molar-refractivity contribution < 1.29 is 13.2 Å². The van der Waals surface area contributed by atoms with Crippen molar-refractivity contribution in [2.24, 2.45) is 10.9 Å². The van der Waals surface area contributed by atoms with Gasteiger partial charge in [0.15, 0.2) is 5.65 Å². The number of sulfonamides is 1. The minimum atomic E-state index is -3.86. The zero-order chi connectivity index (χ0) is 22.4. The fourth-order valence-electron chi connectivity index (χ4n) is 2.84. The van der Waals surface area contributed by atoms with Crippen molar-refractivity contribution in [1.29, 1.82) is 0 Å². The zero-order valence-electron chi connectivity index (χ0n) is 16.6. The number of nitrogens with two attached hydrogens (primary N) is 2. The normalized spacial score (nSPS) is 12.2. The van der Waals surface area contributed by atoms with Crippen LogP contribution in [0.15, 0.2) is 47.9 Å². The Hall–Kier alpha value is -3.84. The molecule has 12 nitrogen and oxygen atoms in total. The number of benzene rings is 1. The van der Waals surface area contributed by atoms with Crippen LogP contribution in [0.1, 0.15) is 13.8 Å². The standard InChI is InChI=1S/C18H19N9O3S/c1-18(2,16(19)28)27-8-10(7-23-27)13-14-15(22-9-21-14)26-17(25-13)24-11-4-3-5-12(6-11)31(20,29)30/h3-9H,1-2H3,(H2,19,28)(H2,20,29,30)(H2,21,22,24,25,26). The van der Waals surface area contributed by atoms with Gasteiger partial charge in [-0.05, 0) is 32.0 Å². The van der Waals surface area contributed by atoms with E-state index in [0.717, 1.165) is 0 Å². The van der Waals surface area contributed by atoms with Crippen LogP contribution in [0.4, 0.5) is 11.6 Å². The third-order valence-electron chi connectivity index (χ3n) is 4.73. The Morgan fingerprint density at radius 2 is 2.03 bits per heavy atom. The highest BCUT2D eigenvalue weighted by molar-refractivity contribution is 7.89. The molecule has 0 spiro atoms. The van der Waals surface area contributed by atoms with Crippen molar-refractivity contribution in [2.75, 3.05) is 5.32 Å². The molecule has 13 heteroatoms. The van der Waals surface area contributed by atoms with Gasteiger partial charge in [0, 0.05) is 17.4 Å². The summed E-state index contributed by atoms with van der Waals surface area (Å²) >= 11 is 0. The number of aromatic amines is 1. The summed E-state index contributed by atoms with van der Waals surface area (Å²) in [6.07, 6.45) is 4.67. The molecule has 0 unspecified atom stereocenters. The largest absolute Gasteiger partial charge is 0.368 e. The molecule has 0 fully saturated rings. The molecule has 0 bridgehead atoms. The topological polar surface area (TPSA) is 188 Å². The Balaban J connectivity index is 1.77. The Morgan fingerprint density at radius 3 is 2.74 bits per heavy atom. The van der Waals surface area contributed by atoms with Crippen molar-refractivity contribution >= 4 is 38.7 Å². The highest BCUT2D eigenvalue weighted by Gasteiger charge is 2.28. The van der Waals surface area contributed by atoms with E-state index in [4.69, 9.17) is 10.9 Å². The monoisotopic (exact) mass is 441 g/mol. The molecule has 0 saturated carbocycles. The number of nitrogens with one attached hydrogen (secondary N) is 2. The number of primary amides is 1. The lowest BCUT2D eigenvalue weighted by molar-refractivity contribution is -0.125. The third kappa shape index (κ3) is 3.83. The number of aromatic nitrogens is 6. The minimum Gasteiger partial charge on any atom is -0.368 e. The maximum atomic E-state index is 11.8. The summed E-state index contributed by atoms with van der Waals surface area (Å²) < 4.78 is 24.7. The number of amides is 1. The Morgan fingerprint density at radius 1 is 1.26 bits per heavy atom. The number of carbonyl (C=O) groups is 1.